The fourth-order valence-corrected chi connectivity index (χ4v) is 4.98. The normalized spacial score (nSPS) is 12.5. The zero-order valence-corrected chi connectivity index (χ0v) is 27.2. The Morgan fingerprint density at radius 3 is 1.75 bits per heavy atom. The van der Waals surface area contributed by atoms with Gasteiger partial charge in [0.05, 0.1) is 6.04 Å². The number of carbonyl (C=O) groups is 3. The number of nitrogens with zero attached hydrogens (tertiary/aromatic N) is 2. The summed E-state index contributed by atoms with van der Waals surface area (Å²) in [5.74, 6) is -1.47. The predicted molar refractivity (Wildman–Crippen MR) is 190 cm³/mol. The number of benzene rings is 3. The van der Waals surface area contributed by atoms with Crippen molar-refractivity contribution in [1.82, 2.24) is 16.0 Å². The third-order valence-electron chi connectivity index (χ3n) is 7.57. The minimum Gasteiger partial charge on any atom is -0.370 e. The third kappa shape index (κ3) is 13.5. The molecule has 0 aliphatic rings. The van der Waals surface area contributed by atoms with E-state index < -0.39 is 29.9 Å². The first-order chi connectivity index (χ1) is 23.1. The first-order valence-electron chi connectivity index (χ1n) is 16.1. The lowest BCUT2D eigenvalue weighted by molar-refractivity contribution is -0.132. The van der Waals surface area contributed by atoms with Crippen LogP contribution in [0.5, 0.6) is 0 Å². The van der Waals surface area contributed by atoms with Crippen LogP contribution in [0.25, 0.3) is 11.1 Å². The van der Waals surface area contributed by atoms with Gasteiger partial charge in [0.1, 0.15) is 12.1 Å². The van der Waals surface area contributed by atoms with Gasteiger partial charge >= 0.3 is 0 Å². The highest BCUT2D eigenvalue weighted by Gasteiger charge is 2.28. The number of nitrogens with one attached hydrogen (secondary N) is 3. The van der Waals surface area contributed by atoms with E-state index in [1.807, 2.05) is 84.9 Å². The van der Waals surface area contributed by atoms with Gasteiger partial charge in [-0.05, 0) is 54.4 Å². The first kappa shape index (κ1) is 37.0. The molecule has 0 radical (unpaired) electrons. The maximum Gasteiger partial charge on any atom is 0.243 e. The molecule has 0 fully saturated rings. The maximum absolute atomic E-state index is 13.8. The summed E-state index contributed by atoms with van der Waals surface area (Å²) >= 11 is 0. The summed E-state index contributed by atoms with van der Waals surface area (Å²) in [7, 11) is 0. The lowest BCUT2D eigenvalue weighted by atomic mass is 9.99. The Bertz CT molecular complexity index is 1490. The van der Waals surface area contributed by atoms with Crippen LogP contribution >= 0.6 is 0 Å². The van der Waals surface area contributed by atoms with Crippen LogP contribution in [0, 0.1) is 0 Å². The highest BCUT2D eigenvalue weighted by molar-refractivity contribution is 5.93. The molecule has 3 atom stereocenters. The molecule has 3 aromatic carbocycles. The highest BCUT2D eigenvalue weighted by Crippen LogP contribution is 2.20. The molecular formula is C35H48N10O3. The molecule has 0 bridgehead atoms. The van der Waals surface area contributed by atoms with Gasteiger partial charge in [-0.2, -0.15) is 0 Å². The van der Waals surface area contributed by atoms with E-state index in [9.17, 15) is 14.4 Å². The van der Waals surface area contributed by atoms with Crippen LogP contribution in [0.2, 0.25) is 0 Å². The monoisotopic (exact) mass is 656 g/mol. The molecule has 0 unspecified atom stereocenters. The van der Waals surface area contributed by atoms with Crippen molar-refractivity contribution < 1.29 is 14.4 Å². The Hall–Kier alpha value is -5.43. The number of hydrogen-bond donors (Lipinski definition) is 8. The Morgan fingerprint density at radius 1 is 0.604 bits per heavy atom. The average Bonchev–Trinajstić information content (AvgIpc) is 3.08. The summed E-state index contributed by atoms with van der Waals surface area (Å²) in [5.41, 5.74) is 31.8. The van der Waals surface area contributed by atoms with Gasteiger partial charge in [0.25, 0.3) is 0 Å². The molecule has 13 nitrogen and oxygen atoms in total. The number of nitrogens with two attached hydrogens (primary N) is 5. The number of rotatable bonds is 19. The molecule has 0 aliphatic carbocycles. The van der Waals surface area contributed by atoms with Crippen LogP contribution in [-0.4, -0.2) is 67.4 Å². The molecule has 0 aromatic heterocycles. The van der Waals surface area contributed by atoms with Crippen LogP contribution in [-0.2, 0) is 27.2 Å². The van der Waals surface area contributed by atoms with Gasteiger partial charge in [0.2, 0.25) is 17.7 Å². The topological polar surface area (TPSA) is 242 Å². The molecule has 3 amide bonds. The number of carbonyl (C=O) groups excluding carboxylic acids is 3. The summed E-state index contributed by atoms with van der Waals surface area (Å²) < 4.78 is 0. The minimum absolute atomic E-state index is 0.0417. The van der Waals surface area contributed by atoms with Crippen molar-refractivity contribution in [1.29, 1.82) is 0 Å². The molecule has 0 heterocycles. The molecule has 0 saturated carbocycles. The lowest BCUT2D eigenvalue weighted by Gasteiger charge is -2.24. The van der Waals surface area contributed by atoms with Crippen molar-refractivity contribution in [2.45, 2.75) is 56.7 Å². The van der Waals surface area contributed by atoms with Gasteiger partial charge < -0.3 is 44.6 Å². The quantitative estimate of drug-likeness (QED) is 0.0516. The fourth-order valence-electron chi connectivity index (χ4n) is 4.98. The molecule has 256 valence electrons. The summed E-state index contributed by atoms with van der Waals surface area (Å²) in [6.07, 6.45) is 2.29. The van der Waals surface area contributed by atoms with Crippen LogP contribution in [0.4, 0.5) is 0 Å². The molecule has 0 spiro atoms. The number of amides is 3. The smallest absolute Gasteiger partial charge is 0.243 e. The van der Waals surface area contributed by atoms with Gasteiger partial charge in [0, 0.05) is 26.1 Å². The zero-order valence-electron chi connectivity index (χ0n) is 27.2. The van der Waals surface area contributed by atoms with Gasteiger partial charge in [-0.1, -0.05) is 84.9 Å². The van der Waals surface area contributed by atoms with Gasteiger partial charge in [-0.25, -0.2) is 0 Å². The number of guanidine groups is 2. The summed E-state index contributed by atoms with van der Waals surface area (Å²) in [6, 6.07) is 24.6. The van der Waals surface area contributed by atoms with Gasteiger partial charge in [0.15, 0.2) is 11.9 Å². The Morgan fingerprint density at radius 2 is 1.15 bits per heavy atom. The van der Waals surface area contributed by atoms with Crippen molar-refractivity contribution in [3.05, 3.63) is 96.1 Å². The van der Waals surface area contributed by atoms with Crippen molar-refractivity contribution >= 4 is 29.6 Å². The summed E-state index contributed by atoms with van der Waals surface area (Å²) in [4.78, 5) is 48.2. The van der Waals surface area contributed by atoms with E-state index in [0.29, 0.717) is 38.8 Å². The van der Waals surface area contributed by atoms with E-state index >= 15 is 0 Å². The standard InChI is InChI=1S/C35H48N10O3/c36-28(13-7-20-42-34(37)38)31(46)45-30(23-25-15-17-27(18-16-25)26-11-5-2-6-12-26)33(48)44-29(14-8-21-43-35(39)40)32(47)41-22-19-24-9-3-1-4-10-24/h1-6,9-12,15-18,28-30H,7-8,13-14,19-23,36H2,(H,41,47)(H,44,48)(H,45,46)(H4,37,38,42)(H4,39,40,43)/t28-,29-,30-/m0/s1. The van der Waals surface area contributed by atoms with E-state index in [0.717, 1.165) is 22.3 Å². The third-order valence-corrected chi connectivity index (χ3v) is 7.57. The first-order valence-corrected chi connectivity index (χ1v) is 16.1. The van der Waals surface area contributed by atoms with Gasteiger partial charge in [-0.3, -0.25) is 24.4 Å². The lowest BCUT2D eigenvalue weighted by Crippen LogP contribution is -2.56. The van der Waals surface area contributed by atoms with Crippen molar-refractivity contribution in [3.8, 4) is 11.1 Å². The molecule has 48 heavy (non-hydrogen) atoms. The van der Waals surface area contributed by atoms with Crippen LogP contribution in [0.15, 0.2) is 94.9 Å². The van der Waals surface area contributed by atoms with Crippen molar-refractivity contribution in [3.63, 3.8) is 0 Å². The van der Waals surface area contributed by atoms with E-state index in [4.69, 9.17) is 28.7 Å². The second kappa shape index (κ2) is 19.9. The Balaban J connectivity index is 1.75. The van der Waals surface area contributed by atoms with E-state index in [2.05, 4.69) is 25.9 Å². The SMILES string of the molecule is NC(N)=NCCC[C@H](NC(=O)[C@H](Cc1ccc(-c2ccccc2)cc1)NC(=O)[C@@H](N)CCCN=C(N)N)C(=O)NCCc1ccccc1. The highest BCUT2D eigenvalue weighted by atomic mass is 16.2. The Labute approximate surface area is 281 Å². The van der Waals surface area contributed by atoms with E-state index in [1.165, 1.54) is 0 Å². The van der Waals surface area contributed by atoms with E-state index in [-0.39, 0.29) is 37.2 Å². The molecule has 3 rings (SSSR count). The second-order valence-electron chi connectivity index (χ2n) is 11.4. The van der Waals surface area contributed by atoms with Crippen LogP contribution in [0.3, 0.4) is 0 Å². The number of hydrogen-bond acceptors (Lipinski definition) is 6. The van der Waals surface area contributed by atoms with Crippen LogP contribution in [0.1, 0.15) is 36.8 Å². The molecular weight excluding hydrogens is 608 g/mol. The second-order valence-corrected chi connectivity index (χ2v) is 11.4. The van der Waals surface area contributed by atoms with Gasteiger partial charge in [-0.15, -0.1) is 0 Å². The average molecular weight is 657 g/mol. The summed E-state index contributed by atoms with van der Waals surface area (Å²) in [6.45, 7) is 0.988. The molecule has 0 aliphatic heterocycles. The molecule has 0 saturated heterocycles. The number of aliphatic imine (C=N–C) groups is 2. The fraction of sp³-hybridized carbons (Fsp3) is 0.343. The largest absolute Gasteiger partial charge is 0.370 e. The summed E-state index contributed by atoms with van der Waals surface area (Å²) in [5, 5.41) is 8.58. The van der Waals surface area contributed by atoms with Crippen molar-refractivity contribution in [2.24, 2.45) is 38.7 Å². The zero-order chi connectivity index (χ0) is 34.7. The molecule has 13 N–H and O–H groups in total. The van der Waals surface area contributed by atoms with Crippen LogP contribution < -0.4 is 44.6 Å². The Kier molecular flexibility index (Phi) is 15.4. The van der Waals surface area contributed by atoms with Crippen molar-refractivity contribution in [2.75, 3.05) is 19.6 Å². The predicted octanol–water partition coefficient (Wildman–Crippen LogP) is 0.659. The molecule has 3 aromatic rings. The molecule has 13 heteroatoms. The van der Waals surface area contributed by atoms with E-state index in [1.54, 1.807) is 0 Å². The maximum atomic E-state index is 13.8. The minimum atomic E-state index is -1.01.